The molecule has 1 aliphatic heterocycles. The van der Waals surface area contributed by atoms with Gasteiger partial charge in [0.2, 0.25) is 5.91 Å². The van der Waals surface area contributed by atoms with E-state index in [2.05, 4.69) is 16.0 Å². The number of amides is 3. The summed E-state index contributed by atoms with van der Waals surface area (Å²) in [6.07, 6.45) is 1.94. The molecule has 0 aromatic heterocycles. The first-order chi connectivity index (χ1) is 15.4. The zero-order valence-electron chi connectivity index (χ0n) is 17.6. The summed E-state index contributed by atoms with van der Waals surface area (Å²) in [7, 11) is 0. The second-order valence-corrected chi connectivity index (χ2v) is 7.64. The van der Waals surface area contributed by atoms with Crippen molar-refractivity contribution < 1.29 is 18.9 Å². The van der Waals surface area contributed by atoms with Crippen molar-refractivity contribution in [1.29, 1.82) is 0 Å². The third kappa shape index (κ3) is 6.66. The largest absolute Gasteiger partial charge is 0.379 e. The number of nitrogens with one attached hydrogen (secondary N) is 3. The van der Waals surface area contributed by atoms with Gasteiger partial charge >= 0.3 is 6.03 Å². The van der Waals surface area contributed by atoms with Gasteiger partial charge in [-0.2, -0.15) is 0 Å². The Morgan fingerprint density at radius 3 is 2.78 bits per heavy atom. The first-order valence-electron chi connectivity index (χ1n) is 10.5. The van der Waals surface area contributed by atoms with Crippen LogP contribution in [-0.4, -0.2) is 47.9 Å². The molecule has 32 heavy (non-hydrogen) atoms. The fourth-order valence-corrected chi connectivity index (χ4v) is 3.68. The van der Waals surface area contributed by atoms with E-state index in [9.17, 15) is 24.1 Å². The third-order valence-electron chi connectivity index (χ3n) is 5.26. The maximum Gasteiger partial charge on any atom is 0.319 e. The van der Waals surface area contributed by atoms with E-state index < -0.39 is 16.8 Å². The number of anilines is 2. The van der Waals surface area contributed by atoms with Gasteiger partial charge in [-0.15, -0.1) is 0 Å². The van der Waals surface area contributed by atoms with Crippen molar-refractivity contribution in [1.82, 2.24) is 10.2 Å². The molecule has 0 saturated carbocycles. The van der Waals surface area contributed by atoms with Gasteiger partial charge in [-0.3, -0.25) is 14.9 Å². The van der Waals surface area contributed by atoms with Gasteiger partial charge < -0.3 is 20.9 Å². The van der Waals surface area contributed by atoms with Gasteiger partial charge in [0.25, 0.3) is 5.69 Å². The lowest BCUT2D eigenvalue weighted by Crippen LogP contribution is -2.44. The molecule has 3 amide bonds. The number of para-hydroxylation sites is 2. The smallest absolute Gasteiger partial charge is 0.319 e. The molecular formula is C22H26FN5O4. The summed E-state index contributed by atoms with van der Waals surface area (Å²) < 4.78 is 13.2. The molecular weight excluding hydrogens is 417 g/mol. The Morgan fingerprint density at radius 2 is 2.00 bits per heavy atom. The van der Waals surface area contributed by atoms with Crippen LogP contribution in [0.3, 0.4) is 0 Å². The van der Waals surface area contributed by atoms with Crippen molar-refractivity contribution in [3.63, 3.8) is 0 Å². The molecule has 0 spiro atoms. The zero-order chi connectivity index (χ0) is 22.9. The van der Waals surface area contributed by atoms with E-state index >= 15 is 0 Å². The SMILES string of the molecule is O=C(NCC1CCCN(C(=O)CCNc2ccccc2[N+](=O)[O-])C1)Nc1cccc(F)c1. The molecule has 0 radical (unpaired) electrons. The topological polar surface area (TPSA) is 117 Å². The summed E-state index contributed by atoms with van der Waals surface area (Å²) in [5.41, 5.74) is 0.727. The Bertz CT molecular complexity index is 971. The number of piperidine rings is 1. The number of rotatable bonds is 8. The number of halogens is 1. The highest BCUT2D eigenvalue weighted by molar-refractivity contribution is 5.89. The summed E-state index contributed by atoms with van der Waals surface area (Å²) in [4.78, 5) is 37.0. The van der Waals surface area contributed by atoms with Crippen molar-refractivity contribution >= 4 is 29.0 Å². The van der Waals surface area contributed by atoms with Crippen LogP contribution < -0.4 is 16.0 Å². The fraction of sp³-hybridized carbons (Fsp3) is 0.364. The minimum atomic E-state index is -0.461. The maximum absolute atomic E-state index is 13.2. The zero-order valence-corrected chi connectivity index (χ0v) is 17.6. The highest BCUT2D eigenvalue weighted by atomic mass is 19.1. The number of urea groups is 1. The van der Waals surface area contributed by atoms with Gasteiger partial charge in [-0.1, -0.05) is 18.2 Å². The van der Waals surface area contributed by atoms with E-state index in [1.165, 1.54) is 24.3 Å². The van der Waals surface area contributed by atoms with Crippen molar-refractivity contribution in [2.75, 3.05) is 36.8 Å². The lowest BCUT2D eigenvalue weighted by molar-refractivity contribution is -0.384. The number of carbonyl (C=O) groups excluding carboxylic acids is 2. The third-order valence-corrected chi connectivity index (χ3v) is 5.26. The molecule has 10 heteroatoms. The van der Waals surface area contributed by atoms with Gasteiger partial charge in [0.1, 0.15) is 11.5 Å². The molecule has 1 heterocycles. The van der Waals surface area contributed by atoms with Gasteiger partial charge in [-0.05, 0) is 43.0 Å². The van der Waals surface area contributed by atoms with E-state index in [1.807, 2.05) is 0 Å². The van der Waals surface area contributed by atoms with Crippen LogP contribution in [0.2, 0.25) is 0 Å². The molecule has 0 bridgehead atoms. The van der Waals surface area contributed by atoms with Crippen molar-refractivity contribution in [3.05, 3.63) is 64.5 Å². The predicted octanol–water partition coefficient (Wildman–Crippen LogP) is 3.60. The number of hydrogen-bond donors (Lipinski definition) is 3. The lowest BCUT2D eigenvalue weighted by atomic mass is 9.97. The number of nitro groups is 1. The molecule has 1 aliphatic rings. The van der Waals surface area contributed by atoms with Crippen LogP contribution in [0.25, 0.3) is 0 Å². The Morgan fingerprint density at radius 1 is 1.19 bits per heavy atom. The minimum absolute atomic E-state index is 0.0272. The maximum atomic E-state index is 13.2. The summed E-state index contributed by atoms with van der Waals surface area (Å²) in [6, 6.07) is 11.5. The van der Waals surface area contributed by atoms with Crippen LogP contribution in [0.5, 0.6) is 0 Å². The monoisotopic (exact) mass is 443 g/mol. The van der Waals surface area contributed by atoms with Gasteiger partial charge in [0.05, 0.1) is 4.92 Å². The standard InChI is InChI=1S/C22H26FN5O4/c23-17-6-3-7-18(13-17)26-22(30)25-14-16-5-4-12-27(15-16)21(29)10-11-24-19-8-1-2-9-20(19)28(31)32/h1-3,6-9,13,16,24H,4-5,10-12,14-15H2,(H2,25,26,30). The molecule has 1 unspecified atom stereocenters. The van der Waals surface area contributed by atoms with E-state index in [0.717, 1.165) is 12.8 Å². The van der Waals surface area contributed by atoms with Crippen LogP contribution in [0, 0.1) is 21.8 Å². The average molecular weight is 443 g/mol. The molecule has 9 nitrogen and oxygen atoms in total. The Hall–Kier alpha value is -3.69. The fourth-order valence-electron chi connectivity index (χ4n) is 3.68. The van der Waals surface area contributed by atoms with Crippen LogP contribution in [-0.2, 0) is 4.79 Å². The summed E-state index contributed by atoms with van der Waals surface area (Å²) in [5, 5.41) is 19.4. The van der Waals surface area contributed by atoms with E-state index in [-0.39, 0.29) is 23.9 Å². The number of likely N-dealkylation sites (tertiary alicyclic amines) is 1. The highest BCUT2D eigenvalue weighted by Crippen LogP contribution is 2.23. The molecule has 3 rings (SSSR count). The molecule has 170 valence electrons. The molecule has 0 aliphatic carbocycles. The minimum Gasteiger partial charge on any atom is -0.379 e. The second-order valence-electron chi connectivity index (χ2n) is 7.64. The molecule has 1 saturated heterocycles. The summed E-state index contributed by atoms with van der Waals surface area (Å²) in [5.74, 6) is -0.347. The van der Waals surface area contributed by atoms with Gasteiger partial charge in [0, 0.05) is 44.4 Å². The predicted molar refractivity (Wildman–Crippen MR) is 119 cm³/mol. The van der Waals surface area contributed by atoms with Crippen LogP contribution in [0.4, 0.5) is 26.2 Å². The van der Waals surface area contributed by atoms with E-state index in [1.54, 1.807) is 29.2 Å². The van der Waals surface area contributed by atoms with Crippen molar-refractivity contribution in [3.8, 4) is 0 Å². The first-order valence-corrected chi connectivity index (χ1v) is 10.5. The lowest BCUT2D eigenvalue weighted by Gasteiger charge is -2.33. The normalized spacial score (nSPS) is 15.7. The van der Waals surface area contributed by atoms with E-state index in [0.29, 0.717) is 37.6 Å². The van der Waals surface area contributed by atoms with Gasteiger partial charge in [0.15, 0.2) is 0 Å². The number of hydrogen-bond acceptors (Lipinski definition) is 5. The molecule has 1 fully saturated rings. The summed E-state index contributed by atoms with van der Waals surface area (Å²) in [6.45, 7) is 1.87. The van der Waals surface area contributed by atoms with Gasteiger partial charge in [-0.25, -0.2) is 9.18 Å². The first kappa shape index (κ1) is 23.0. The van der Waals surface area contributed by atoms with Crippen LogP contribution in [0.1, 0.15) is 19.3 Å². The van der Waals surface area contributed by atoms with Crippen LogP contribution in [0.15, 0.2) is 48.5 Å². The summed E-state index contributed by atoms with van der Waals surface area (Å²) >= 11 is 0. The Kier molecular flexibility index (Phi) is 7.96. The van der Waals surface area contributed by atoms with Crippen LogP contribution >= 0.6 is 0 Å². The van der Waals surface area contributed by atoms with Crippen molar-refractivity contribution in [2.45, 2.75) is 19.3 Å². The molecule has 1 atom stereocenters. The Labute approximate surface area is 185 Å². The number of nitrogens with zero attached hydrogens (tertiary/aromatic N) is 2. The molecule has 2 aromatic carbocycles. The number of nitro benzene ring substituents is 1. The number of carbonyl (C=O) groups is 2. The molecule has 3 N–H and O–H groups in total. The second kappa shape index (κ2) is 11.1. The van der Waals surface area contributed by atoms with Crippen molar-refractivity contribution in [2.24, 2.45) is 5.92 Å². The average Bonchev–Trinajstić information content (AvgIpc) is 2.78. The quantitative estimate of drug-likeness (QED) is 0.426. The number of benzene rings is 2. The Balaban J connectivity index is 1.41. The highest BCUT2D eigenvalue weighted by Gasteiger charge is 2.24. The molecule has 2 aromatic rings. The van der Waals surface area contributed by atoms with E-state index in [4.69, 9.17) is 0 Å².